The highest BCUT2D eigenvalue weighted by Gasteiger charge is 2.42. The zero-order valence-electron chi connectivity index (χ0n) is 6.62. The topological polar surface area (TPSA) is 9.23 Å². The Hall–Kier alpha value is 0.390. The molecule has 0 bridgehead atoms. The molecule has 2 heteroatoms. The van der Waals surface area contributed by atoms with E-state index in [0.717, 1.165) is 0 Å². The first-order chi connectivity index (χ1) is 3.96. The summed E-state index contributed by atoms with van der Waals surface area (Å²) in [4.78, 5) is 0. The predicted octanol–water partition coefficient (Wildman–Crippen LogP) is 2.41. The first-order valence-corrected chi connectivity index (χ1v) is 4.48. The van der Waals surface area contributed by atoms with E-state index in [2.05, 4.69) is 27.7 Å². The summed E-state index contributed by atoms with van der Waals surface area (Å²) in [7, 11) is 0.711. The molecule has 0 spiro atoms. The van der Waals surface area contributed by atoms with Crippen molar-refractivity contribution in [3.63, 3.8) is 0 Å². The maximum absolute atomic E-state index is 5.58. The van der Waals surface area contributed by atoms with Gasteiger partial charge in [-0.15, -0.1) is 0 Å². The lowest BCUT2D eigenvalue weighted by molar-refractivity contribution is 0.0468. The van der Waals surface area contributed by atoms with Gasteiger partial charge in [0.05, 0.1) is 5.60 Å². The number of hydrogen-bond donors (Lipinski definition) is 0. The minimum absolute atomic E-state index is 0.103. The van der Waals surface area contributed by atoms with Gasteiger partial charge in [-0.25, -0.2) is 0 Å². The van der Waals surface area contributed by atoms with E-state index in [1.165, 1.54) is 6.16 Å². The van der Waals surface area contributed by atoms with Gasteiger partial charge in [-0.1, -0.05) is 13.8 Å². The van der Waals surface area contributed by atoms with Crippen molar-refractivity contribution in [1.82, 2.24) is 0 Å². The molecule has 1 aliphatic rings. The summed E-state index contributed by atoms with van der Waals surface area (Å²) >= 11 is 0. The summed E-state index contributed by atoms with van der Waals surface area (Å²) in [6.07, 6.45) is 1.22. The van der Waals surface area contributed by atoms with Gasteiger partial charge < -0.3 is 4.52 Å². The highest BCUT2D eigenvalue weighted by atomic mass is 31.1. The molecule has 0 saturated carbocycles. The van der Waals surface area contributed by atoms with Crippen molar-refractivity contribution >= 4 is 8.81 Å². The van der Waals surface area contributed by atoms with Crippen molar-refractivity contribution < 1.29 is 4.52 Å². The molecule has 0 aliphatic carbocycles. The number of hydrogen-bond acceptors (Lipinski definition) is 1. The quantitative estimate of drug-likeness (QED) is 0.477. The van der Waals surface area contributed by atoms with Crippen LogP contribution in [-0.2, 0) is 4.52 Å². The van der Waals surface area contributed by atoms with Gasteiger partial charge in [0.2, 0.25) is 0 Å². The highest BCUT2D eigenvalue weighted by Crippen LogP contribution is 2.49. The number of rotatable bonds is 0. The molecule has 9 heavy (non-hydrogen) atoms. The third kappa shape index (κ3) is 1.13. The van der Waals surface area contributed by atoms with Gasteiger partial charge in [-0.05, 0) is 25.4 Å². The van der Waals surface area contributed by atoms with Crippen LogP contribution in [0.5, 0.6) is 0 Å². The largest absolute Gasteiger partial charge is 0.356 e. The van der Waals surface area contributed by atoms with Crippen LogP contribution in [0.3, 0.4) is 0 Å². The predicted molar refractivity (Wildman–Crippen MR) is 42.1 cm³/mol. The van der Waals surface area contributed by atoms with Crippen molar-refractivity contribution in [1.29, 1.82) is 0 Å². The lowest BCUT2D eigenvalue weighted by Gasteiger charge is -2.32. The summed E-state index contributed by atoms with van der Waals surface area (Å²) in [6, 6.07) is 0. The minimum atomic E-state index is 0.103. The molecule has 1 nitrogen and oxygen atoms in total. The Bertz CT molecular complexity index is 104. The highest BCUT2D eigenvalue weighted by molar-refractivity contribution is 7.32. The molecule has 0 aromatic carbocycles. The van der Waals surface area contributed by atoms with E-state index in [4.69, 9.17) is 4.52 Å². The van der Waals surface area contributed by atoms with Gasteiger partial charge in [0.25, 0.3) is 0 Å². The summed E-state index contributed by atoms with van der Waals surface area (Å²) in [5.74, 6) is 0. The normalized spacial score (nSPS) is 33.3. The Morgan fingerprint density at radius 2 is 1.78 bits per heavy atom. The Labute approximate surface area is 59.0 Å². The molecule has 1 saturated heterocycles. The molecule has 0 aromatic rings. The van der Waals surface area contributed by atoms with E-state index in [9.17, 15) is 0 Å². The lowest BCUT2D eigenvalue weighted by atomic mass is 9.79. The third-order valence-corrected chi connectivity index (χ3v) is 4.15. The fraction of sp³-hybridized carbons (Fsp3) is 1.00. The summed E-state index contributed by atoms with van der Waals surface area (Å²) < 4.78 is 5.58. The monoisotopic (exact) mass is 146 g/mol. The van der Waals surface area contributed by atoms with Crippen LogP contribution in [0.4, 0.5) is 0 Å². The smallest absolute Gasteiger partial charge is 0.0720 e. The van der Waals surface area contributed by atoms with Gasteiger partial charge >= 0.3 is 0 Å². The van der Waals surface area contributed by atoms with Gasteiger partial charge in [-0.3, -0.25) is 0 Å². The molecule has 1 heterocycles. The first kappa shape index (κ1) is 7.50. The van der Waals surface area contributed by atoms with Crippen LogP contribution in [0.1, 0.15) is 27.7 Å². The molecule has 0 amide bonds. The third-order valence-electron chi connectivity index (χ3n) is 2.47. The van der Waals surface area contributed by atoms with Gasteiger partial charge in [0, 0.05) is 8.81 Å². The molecule has 0 radical (unpaired) electrons. The molecule has 1 aliphatic heterocycles. The summed E-state index contributed by atoms with van der Waals surface area (Å²) in [5.41, 5.74) is 0.483. The minimum Gasteiger partial charge on any atom is -0.356 e. The fourth-order valence-electron chi connectivity index (χ4n) is 0.748. The van der Waals surface area contributed by atoms with Crippen molar-refractivity contribution in [3.8, 4) is 0 Å². The maximum atomic E-state index is 5.58. The molecule has 0 aromatic heterocycles. The SMILES string of the molecule is CC1(C)CPOC1(C)C. The van der Waals surface area contributed by atoms with E-state index in [1.807, 2.05) is 0 Å². The molecular formula is C7H15OP. The van der Waals surface area contributed by atoms with E-state index >= 15 is 0 Å². The van der Waals surface area contributed by atoms with Crippen molar-refractivity contribution in [2.24, 2.45) is 5.41 Å². The van der Waals surface area contributed by atoms with Crippen molar-refractivity contribution in [2.45, 2.75) is 33.3 Å². The van der Waals surface area contributed by atoms with Crippen molar-refractivity contribution in [2.75, 3.05) is 6.16 Å². The van der Waals surface area contributed by atoms with E-state index in [0.29, 0.717) is 14.2 Å². The van der Waals surface area contributed by atoms with Crippen LogP contribution in [-0.4, -0.2) is 11.8 Å². The lowest BCUT2D eigenvalue weighted by Crippen LogP contribution is -2.36. The molecule has 1 rings (SSSR count). The molecule has 1 unspecified atom stereocenters. The van der Waals surface area contributed by atoms with Gasteiger partial charge in [0.1, 0.15) is 0 Å². The van der Waals surface area contributed by atoms with Gasteiger partial charge in [-0.2, -0.15) is 0 Å². The van der Waals surface area contributed by atoms with Crippen LogP contribution in [0.25, 0.3) is 0 Å². The second-order valence-electron chi connectivity index (χ2n) is 3.82. The second kappa shape index (κ2) is 1.93. The van der Waals surface area contributed by atoms with Crippen LogP contribution in [0.2, 0.25) is 0 Å². The first-order valence-electron chi connectivity index (χ1n) is 3.37. The molecular weight excluding hydrogens is 131 g/mol. The van der Waals surface area contributed by atoms with Crippen LogP contribution < -0.4 is 0 Å². The Morgan fingerprint density at radius 3 is 1.89 bits per heavy atom. The molecule has 54 valence electrons. The Balaban J connectivity index is 2.75. The van der Waals surface area contributed by atoms with E-state index < -0.39 is 0 Å². The van der Waals surface area contributed by atoms with Crippen LogP contribution in [0.15, 0.2) is 0 Å². The average molecular weight is 146 g/mol. The van der Waals surface area contributed by atoms with Crippen molar-refractivity contribution in [3.05, 3.63) is 0 Å². The van der Waals surface area contributed by atoms with Gasteiger partial charge in [0.15, 0.2) is 0 Å². The summed E-state index contributed by atoms with van der Waals surface area (Å²) in [5, 5.41) is 0. The zero-order chi connectivity index (χ0) is 7.12. The fourth-order valence-corrected chi connectivity index (χ4v) is 2.24. The van der Waals surface area contributed by atoms with E-state index in [-0.39, 0.29) is 5.60 Å². The average Bonchev–Trinajstić information content (AvgIpc) is 1.81. The second-order valence-corrected chi connectivity index (χ2v) is 4.66. The van der Waals surface area contributed by atoms with Crippen LogP contribution >= 0.6 is 8.81 Å². The zero-order valence-corrected chi connectivity index (χ0v) is 7.62. The van der Waals surface area contributed by atoms with Crippen LogP contribution in [0, 0.1) is 5.41 Å². The molecule has 0 N–H and O–H groups in total. The Morgan fingerprint density at radius 1 is 1.22 bits per heavy atom. The maximum Gasteiger partial charge on any atom is 0.0720 e. The molecule has 1 atom stereocenters. The Kier molecular flexibility index (Phi) is 1.61. The summed E-state index contributed by atoms with van der Waals surface area (Å²) in [6.45, 7) is 8.89. The standard InChI is InChI=1S/C7H15OP/c1-6(2)5-9-8-7(6,3)4/h9H,5H2,1-4H3. The molecule has 1 fully saturated rings. The van der Waals surface area contributed by atoms with E-state index in [1.54, 1.807) is 0 Å².